The highest BCUT2D eigenvalue weighted by Gasteiger charge is 2.10. The van der Waals surface area contributed by atoms with E-state index in [1.165, 1.54) is 16.9 Å². The molecule has 1 amide bonds. The fourth-order valence-corrected chi connectivity index (χ4v) is 3.29. The molecule has 3 rings (SSSR count). The van der Waals surface area contributed by atoms with Crippen molar-refractivity contribution in [3.8, 4) is 0 Å². The highest BCUT2D eigenvalue weighted by Crippen LogP contribution is 2.21. The van der Waals surface area contributed by atoms with Crippen LogP contribution in [0.2, 0.25) is 4.34 Å². The largest absolute Gasteiger partial charge is 0.351 e. The first-order valence-electron chi connectivity index (χ1n) is 6.57. The van der Waals surface area contributed by atoms with Crippen LogP contribution in [0.4, 0.5) is 0 Å². The molecule has 0 aromatic carbocycles. The zero-order valence-electron chi connectivity index (χ0n) is 11.5. The van der Waals surface area contributed by atoms with E-state index in [2.05, 4.69) is 22.6 Å². The summed E-state index contributed by atoms with van der Waals surface area (Å²) in [5, 5.41) is 4.05. The Balaban J connectivity index is 1.66. The summed E-state index contributed by atoms with van der Waals surface area (Å²) >= 11 is 7.12. The van der Waals surface area contributed by atoms with Crippen molar-refractivity contribution in [1.82, 2.24) is 14.9 Å². The number of fused-ring (bicyclic) bond motifs is 1. The Morgan fingerprint density at radius 3 is 3.05 bits per heavy atom. The third-order valence-electron chi connectivity index (χ3n) is 3.29. The van der Waals surface area contributed by atoms with Crippen molar-refractivity contribution in [3.63, 3.8) is 0 Å². The summed E-state index contributed by atoms with van der Waals surface area (Å²) in [4.78, 5) is 16.9. The summed E-state index contributed by atoms with van der Waals surface area (Å²) in [5.74, 6) is -0.0785. The van der Waals surface area contributed by atoms with E-state index >= 15 is 0 Å². The van der Waals surface area contributed by atoms with Gasteiger partial charge in [0.15, 0.2) is 0 Å². The van der Waals surface area contributed by atoms with Gasteiger partial charge >= 0.3 is 0 Å². The molecule has 0 unspecified atom stereocenters. The Bertz CT molecular complexity index is 793. The van der Waals surface area contributed by atoms with Crippen molar-refractivity contribution < 1.29 is 4.79 Å². The number of halogens is 1. The van der Waals surface area contributed by atoms with Gasteiger partial charge in [-0.15, -0.1) is 11.3 Å². The van der Waals surface area contributed by atoms with Crippen molar-refractivity contribution in [2.24, 2.45) is 7.05 Å². The molecule has 21 heavy (non-hydrogen) atoms. The fraction of sp³-hybridized carbons (Fsp3) is 0.200. The van der Waals surface area contributed by atoms with Gasteiger partial charge in [0.1, 0.15) is 5.65 Å². The Kier molecular flexibility index (Phi) is 3.94. The van der Waals surface area contributed by atoms with Gasteiger partial charge < -0.3 is 9.88 Å². The molecule has 6 heteroatoms. The predicted molar refractivity (Wildman–Crippen MR) is 86.1 cm³/mol. The molecule has 0 aliphatic rings. The summed E-state index contributed by atoms with van der Waals surface area (Å²) < 4.78 is 2.63. The van der Waals surface area contributed by atoms with Gasteiger partial charge in [-0.1, -0.05) is 11.6 Å². The average molecular weight is 320 g/mol. The normalized spacial score (nSPS) is 11.0. The van der Waals surface area contributed by atoms with E-state index in [-0.39, 0.29) is 5.91 Å². The lowest BCUT2D eigenvalue weighted by Crippen LogP contribution is -2.24. The molecule has 0 aliphatic carbocycles. The van der Waals surface area contributed by atoms with Crippen molar-refractivity contribution in [3.05, 3.63) is 51.4 Å². The van der Waals surface area contributed by atoms with E-state index in [9.17, 15) is 4.79 Å². The number of rotatable bonds is 4. The molecule has 0 saturated heterocycles. The van der Waals surface area contributed by atoms with Gasteiger partial charge in [0, 0.05) is 31.4 Å². The number of carbonyl (C=O) groups excluding carboxylic acids is 1. The Morgan fingerprint density at radius 1 is 1.43 bits per heavy atom. The Labute approximate surface area is 131 Å². The third-order valence-corrected chi connectivity index (χ3v) is 4.52. The van der Waals surface area contributed by atoms with Gasteiger partial charge in [-0.2, -0.15) is 0 Å². The smallest absolute Gasteiger partial charge is 0.261 e. The SMILES string of the molecule is Cn1cc(CCNC(=O)c2ccc(Cl)s2)c2cccnc21. The number of amides is 1. The molecule has 0 aliphatic heterocycles. The molecule has 0 spiro atoms. The first kappa shape index (κ1) is 14.1. The Hall–Kier alpha value is -1.85. The molecule has 0 radical (unpaired) electrons. The molecule has 0 fully saturated rings. The zero-order valence-corrected chi connectivity index (χ0v) is 13.0. The second-order valence-electron chi connectivity index (χ2n) is 4.75. The second-order valence-corrected chi connectivity index (χ2v) is 6.46. The van der Waals surface area contributed by atoms with Gasteiger partial charge in [0.05, 0.1) is 9.21 Å². The lowest BCUT2D eigenvalue weighted by Gasteiger charge is -2.02. The number of hydrogen-bond donors (Lipinski definition) is 1. The maximum Gasteiger partial charge on any atom is 0.261 e. The van der Waals surface area contributed by atoms with Crippen LogP contribution in [0.3, 0.4) is 0 Å². The third kappa shape index (κ3) is 2.94. The van der Waals surface area contributed by atoms with Crippen LogP contribution in [0, 0.1) is 0 Å². The number of nitrogens with zero attached hydrogens (tertiary/aromatic N) is 2. The molecule has 1 N–H and O–H groups in total. The van der Waals surface area contributed by atoms with Crippen molar-refractivity contribution in [2.75, 3.05) is 6.54 Å². The molecule has 0 bridgehead atoms. The van der Waals surface area contributed by atoms with Crippen molar-refractivity contribution in [2.45, 2.75) is 6.42 Å². The van der Waals surface area contributed by atoms with Gasteiger partial charge in [0.25, 0.3) is 5.91 Å². The van der Waals surface area contributed by atoms with E-state index in [1.807, 2.05) is 17.7 Å². The van der Waals surface area contributed by atoms with Crippen LogP contribution in [0.5, 0.6) is 0 Å². The first-order chi connectivity index (χ1) is 10.1. The summed E-state index contributed by atoms with van der Waals surface area (Å²) in [7, 11) is 1.98. The van der Waals surface area contributed by atoms with Crippen LogP contribution >= 0.6 is 22.9 Å². The lowest BCUT2D eigenvalue weighted by atomic mass is 10.1. The van der Waals surface area contributed by atoms with Gasteiger partial charge in [-0.3, -0.25) is 4.79 Å². The van der Waals surface area contributed by atoms with Crippen LogP contribution in [-0.4, -0.2) is 22.0 Å². The van der Waals surface area contributed by atoms with E-state index in [4.69, 9.17) is 11.6 Å². The molecule has 0 saturated carbocycles. The lowest BCUT2D eigenvalue weighted by molar-refractivity contribution is 0.0958. The highest BCUT2D eigenvalue weighted by molar-refractivity contribution is 7.17. The molecule has 3 heterocycles. The monoisotopic (exact) mass is 319 g/mol. The molecule has 3 aromatic rings. The van der Waals surface area contributed by atoms with Crippen molar-refractivity contribution in [1.29, 1.82) is 0 Å². The minimum Gasteiger partial charge on any atom is -0.351 e. The Morgan fingerprint density at radius 2 is 2.29 bits per heavy atom. The van der Waals surface area contributed by atoms with Crippen LogP contribution in [-0.2, 0) is 13.5 Å². The molecule has 4 nitrogen and oxygen atoms in total. The number of carbonyl (C=O) groups is 1. The van der Waals surface area contributed by atoms with Crippen LogP contribution in [0.25, 0.3) is 11.0 Å². The summed E-state index contributed by atoms with van der Waals surface area (Å²) in [6.07, 6.45) is 4.62. The quantitative estimate of drug-likeness (QED) is 0.802. The van der Waals surface area contributed by atoms with E-state index in [1.54, 1.807) is 18.3 Å². The molecular weight excluding hydrogens is 306 g/mol. The fourth-order valence-electron chi connectivity index (χ4n) is 2.33. The van der Waals surface area contributed by atoms with Gasteiger partial charge in [-0.25, -0.2) is 4.98 Å². The van der Waals surface area contributed by atoms with Gasteiger partial charge in [0.2, 0.25) is 0 Å². The summed E-state index contributed by atoms with van der Waals surface area (Å²) in [6.45, 7) is 0.586. The molecular formula is C15H14ClN3OS. The number of aryl methyl sites for hydroxylation is 1. The summed E-state index contributed by atoms with van der Waals surface area (Å²) in [5.41, 5.74) is 2.15. The predicted octanol–water partition coefficient (Wildman–Crippen LogP) is 3.26. The highest BCUT2D eigenvalue weighted by atomic mass is 35.5. The number of aromatic nitrogens is 2. The molecule has 108 valence electrons. The number of nitrogens with one attached hydrogen (secondary N) is 1. The van der Waals surface area contributed by atoms with Crippen LogP contribution < -0.4 is 5.32 Å². The minimum atomic E-state index is -0.0785. The number of pyridine rings is 1. The van der Waals surface area contributed by atoms with E-state index in [0.717, 1.165) is 17.5 Å². The minimum absolute atomic E-state index is 0.0785. The number of thiophene rings is 1. The van der Waals surface area contributed by atoms with Crippen LogP contribution in [0.15, 0.2) is 36.7 Å². The summed E-state index contributed by atoms with van der Waals surface area (Å²) in [6, 6.07) is 7.46. The standard InChI is InChI=1S/C15H14ClN3OS/c1-19-9-10(11-3-2-7-17-14(11)19)6-8-18-15(20)12-4-5-13(16)21-12/h2-5,7,9H,6,8H2,1H3,(H,18,20). The topological polar surface area (TPSA) is 46.9 Å². The first-order valence-corrected chi connectivity index (χ1v) is 7.77. The maximum atomic E-state index is 11.9. The molecule has 0 atom stereocenters. The zero-order chi connectivity index (χ0) is 14.8. The van der Waals surface area contributed by atoms with Crippen molar-refractivity contribution >= 4 is 39.9 Å². The second kappa shape index (κ2) is 5.87. The maximum absolute atomic E-state index is 11.9. The van der Waals surface area contributed by atoms with E-state index < -0.39 is 0 Å². The van der Waals surface area contributed by atoms with E-state index in [0.29, 0.717) is 15.8 Å². The van der Waals surface area contributed by atoms with Gasteiger partial charge in [-0.05, 0) is 36.2 Å². The van der Waals surface area contributed by atoms with Crippen LogP contribution in [0.1, 0.15) is 15.2 Å². The molecule has 3 aromatic heterocycles. The average Bonchev–Trinajstić information content (AvgIpc) is 3.04. The number of hydrogen-bond acceptors (Lipinski definition) is 3.